The van der Waals surface area contributed by atoms with Crippen LogP contribution in [0.5, 0.6) is 0 Å². The zero-order valence-corrected chi connectivity index (χ0v) is 15.2. The van der Waals surface area contributed by atoms with Gasteiger partial charge in [0, 0.05) is 31.7 Å². The average molecular weight is 323 g/mol. The molecule has 1 unspecified atom stereocenters. The first kappa shape index (κ1) is 18.0. The van der Waals surface area contributed by atoms with Gasteiger partial charge in [-0.1, -0.05) is 6.42 Å². The van der Waals surface area contributed by atoms with Crippen molar-refractivity contribution in [2.75, 3.05) is 39.8 Å². The zero-order valence-electron chi connectivity index (χ0n) is 15.2. The van der Waals surface area contributed by atoms with E-state index in [0.717, 1.165) is 19.0 Å². The van der Waals surface area contributed by atoms with Crippen molar-refractivity contribution in [2.45, 2.75) is 58.0 Å². The molecule has 0 aromatic rings. The lowest BCUT2D eigenvalue weighted by Gasteiger charge is -2.32. The fraction of sp³-hybridized carbons (Fsp3) is 0.882. The molecule has 0 aromatic carbocycles. The Balaban J connectivity index is 1.79. The standard InChI is InChI=1S/C17H33N5O/c1-17(2,3)20-15(23)12-19-16(18-4)22-11-8-14(13-22)21-9-6-5-7-10-21/h14H,5-13H2,1-4H3,(H,18,19)(H,20,23). The normalized spacial score (nSPS) is 23.9. The molecule has 2 aliphatic heterocycles. The van der Waals surface area contributed by atoms with Crippen LogP contribution in [0.15, 0.2) is 4.99 Å². The first-order valence-electron chi connectivity index (χ1n) is 8.90. The average Bonchev–Trinajstić information content (AvgIpc) is 2.97. The highest BCUT2D eigenvalue weighted by Gasteiger charge is 2.30. The molecule has 2 saturated heterocycles. The van der Waals surface area contributed by atoms with E-state index in [1.165, 1.54) is 38.8 Å². The van der Waals surface area contributed by atoms with E-state index in [-0.39, 0.29) is 18.0 Å². The summed E-state index contributed by atoms with van der Waals surface area (Å²) in [5.74, 6) is 0.846. The van der Waals surface area contributed by atoms with Crippen LogP contribution in [0.25, 0.3) is 0 Å². The highest BCUT2D eigenvalue weighted by atomic mass is 16.2. The van der Waals surface area contributed by atoms with Crippen LogP contribution in [-0.2, 0) is 4.79 Å². The van der Waals surface area contributed by atoms with Crippen molar-refractivity contribution in [1.29, 1.82) is 0 Å². The number of hydrogen-bond acceptors (Lipinski definition) is 3. The summed E-state index contributed by atoms with van der Waals surface area (Å²) in [6.45, 7) is 10.7. The maximum Gasteiger partial charge on any atom is 0.239 e. The van der Waals surface area contributed by atoms with Crippen LogP contribution in [0.4, 0.5) is 0 Å². The van der Waals surface area contributed by atoms with Gasteiger partial charge >= 0.3 is 0 Å². The molecule has 23 heavy (non-hydrogen) atoms. The number of guanidine groups is 1. The minimum absolute atomic E-state index is 0.00503. The number of rotatable bonds is 3. The summed E-state index contributed by atoms with van der Waals surface area (Å²) in [7, 11) is 1.79. The van der Waals surface area contributed by atoms with Crippen LogP contribution in [0.3, 0.4) is 0 Å². The summed E-state index contributed by atoms with van der Waals surface area (Å²) in [4.78, 5) is 21.2. The topological polar surface area (TPSA) is 60.0 Å². The number of nitrogens with one attached hydrogen (secondary N) is 2. The second-order valence-electron chi connectivity index (χ2n) is 7.68. The lowest BCUT2D eigenvalue weighted by Crippen LogP contribution is -2.49. The third-order valence-corrected chi connectivity index (χ3v) is 4.50. The molecule has 0 aromatic heterocycles. The van der Waals surface area contributed by atoms with Crippen molar-refractivity contribution in [3.63, 3.8) is 0 Å². The number of amides is 1. The van der Waals surface area contributed by atoms with E-state index in [1.807, 2.05) is 20.8 Å². The second-order valence-corrected chi connectivity index (χ2v) is 7.68. The van der Waals surface area contributed by atoms with Gasteiger partial charge in [0.2, 0.25) is 5.91 Å². The number of likely N-dealkylation sites (tertiary alicyclic amines) is 2. The molecule has 1 amide bonds. The summed E-state index contributed by atoms with van der Waals surface area (Å²) in [6.07, 6.45) is 5.22. The predicted octanol–water partition coefficient (Wildman–Crippen LogP) is 1.04. The molecule has 2 heterocycles. The summed E-state index contributed by atoms with van der Waals surface area (Å²) in [5.41, 5.74) is -0.199. The molecule has 1 atom stereocenters. The quantitative estimate of drug-likeness (QED) is 0.602. The number of carbonyl (C=O) groups is 1. The molecule has 0 saturated carbocycles. The fourth-order valence-corrected chi connectivity index (χ4v) is 3.47. The number of piperidine rings is 1. The largest absolute Gasteiger partial charge is 0.350 e. The number of hydrogen-bond donors (Lipinski definition) is 2. The molecular weight excluding hydrogens is 290 g/mol. The van der Waals surface area contributed by atoms with Gasteiger partial charge in [0.15, 0.2) is 5.96 Å². The van der Waals surface area contributed by atoms with Gasteiger partial charge in [-0.05, 0) is 53.1 Å². The minimum Gasteiger partial charge on any atom is -0.350 e. The lowest BCUT2D eigenvalue weighted by atomic mass is 10.1. The second kappa shape index (κ2) is 7.99. The molecular formula is C17H33N5O. The predicted molar refractivity (Wildman–Crippen MR) is 94.7 cm³/mol. The van der Waals surface area contributed by atoms with Crippen molar-refractivity contribution >= 4 is 11.9 Å². The van der Waals surface area contributed by atoms with Crippen molar-refractivity contribution in [3.8, 4) is 0 Å². The summed E-state index contributed by atoms with van der Waals surface area (Å²) < 4.78 is 0. The maximum atomic E-state index is 12.0. The van der Waals surface area contributed by atoms with E-state index in [0.29, 0.717) is 6.04 Å². The van der Waals surface area contributed by atoms with Gasteiger partial charge in [-0.15, -0.1) is 0 Å². The molecule has 0 aliphatic carbocycles. The Labute approximate surface area is 140 Å². The molecule has 2 fully saturated rings. The van der Waals surface area contributed by atoms with Crippen LogP contribution in [0, 0.1) is 0 Å². The molecule has 2 N–H and O–H groups in total. The Bertz CT molecular complexity index is 423. The smallest absolute Gasteiger partial charge is 0.239 e. The number of aliphatic imine (C=N–C) groups is 1. The summed E-state index contributed by atoms with van der Waals surface area (Å²) in [5, 5.41) is 6.17. The Morgan fingerprint density at radius 1 is 1.17 bits per heavy atom. The number of nitrogens with zero attached hydrogens (tertiary/aromatic N) is 3. The van der Waals surface area contributed by atoms with Gasteiger partial charge in [-0.25, -0.2) is 0 Å². The maximum absolute atomic E-state index is 12.0. The first-order valence-corrected chi connectivity index (χ1v) is 8.90. The van der Waals surface area contributed by atoms with E-state index in [2.05, 4.69) is 25.4 Å². The Morgan fingerprint density at radius 2 is 1.87 bits per heavy atom. The van der Waals surface area contributed by atoms with Crippen LogP contribution in [-0.4, -0.2) is 73.0 Å². The highest BCUT2D eigenvalue weighted by molar-refractivity contribution is 5.86. The molecule has 0 radical (unpaired) electrons. The summed E-state index contributed by atoms with van der Waals surface area (Å²) in [6, 6.07) is 0.636. The van der Waals surface area contributed by atoms with Gasteiger partial charge in [-0.2, -0.15) is 0 Å². The molecule has 0 bridgehead atoms. The third kappa shape index (κ3) is 5.68. The van der Waals surface area contributed by atoms with Gasteiger partial charge < -0.3 is 15.5 Å². The molecule has 6 nitrogen and oxygen atoms in total. The van der Waals surface area contributed by atoms with Crippen LogP contribution >= 0.6 is 0 Å². The van der Waals surface area contributed by atoms with E-state index >= 15 is 0 Å². The minimum atomic E-state index is -0.199. The zero-order chi connectivity index (χ0) is 16.9. The molecule has 2 aliphatic rings. The Morgan fingerprint density at radius 3 is 2.48 bits per heavy atom. The van der Waals surface area contributed by atoms with Crippen molar-refractivity contribution in [2.24, 2.45) is 4.99 Å². The van der Waals surface area contributed by atoms with E-state index in [9.17, 15) is 4.79 Å². The lowest BCUT2D eigenvalue weighted by molar-refractivity contribution is -0.121. The van der Waals surface area contributed by atoms with Gasteiger partial charge in [0.1, 0.15) is 0 Å². The number of carbonyl (C=O) groups excluding carboxylic acids is 1. The third-order valence-electron chi connectivity index (χ3n) is 4.50. The Hall–Kier alpha value is -1.30. The van der Waals surface area contributed by atoms with Crippen LogP contribution < -0.4 is 10.6 Å². The molecule has 2 rings (SSSR count). The molecule has 6 heteroatoms. The highest BCUT2D eigenvalue weighted by Crippen LogP contribution is 2.20. The van der Waals surface area contributed by atoms with E-state index in [1.54, 1.807) is 7.05 Å². The fourth-order valence-electron chi connectivity index (χ4n) is 3.47. The van der Waals surface area contributed by atoms with Crippen molar-refractivity contribution < 1.29 is 4.79 Å². The first-order chi connectivity index (χ1) is 10.9. The van der Waals surface area contributed by atoms with Gasteiger partial charge in [0.05, 0.1) is 6.54 Å². The Kier molecular flexibility index (Phi) is 6.27. The van der Waals surface area contributed by atoms with Gasteiger partial charge in [0.25, 0.3) is 0 Å². The van der Waals surface area contributed by atoms with Crippen LogP contribution in [0.2, 0.25) is 0 Å². The summed E-state index contributed by atoms with van der Waals surface area (Å²) >= 11 is 0. The van der Waals surface area contributed by atoms with E-state index < -0.39 is 0 Å². The monoisotopic (exact) mass is 323 g/mol. The van der Waals surface area contributed by atoms with Gasteiger partial charge in [-0.3, -0.25) is 14.7 Å². The van der Waals surface area contributed by atoms with Crippen molar-refractivity contribution in [3.05, 3.63) is 0 Å². The van der Waals surface area contributed by atoms with E-state index in [4.69, 9.17) is 0 Å². The SMILES string of the molecule is CN=C(NCC(=O)NC(C)(C)C)N1CCC(N2CCCCC2)C1. The molecule has 132 valence electrons. The molecule has 0 spiro atoms. The van der Waals surface area contributed by atoms with Crippen molar-refractivity contribution in [1.82, 2.24) is 20.4 Å². The van der Waals surface area contributed by atoms with Crippen LogP contribution in [0.1, 0.15) is 46.5 Å².